The number of hydrogen-bond donors (Lipinski definition) is 0. The lowest BCUT2D eigenvalue weighted by atomic mass is 9.90. The smallest absolute Gasteiger partial charge is 0.422 e. The molecule has 1 aromatic rings. The first-order valence-electron chi connectivity index (χ1n) is 7.58. The van der Waals surface area contributed by atoms with E-state index < -0.39 is 36.5 Å². The Balaban J connectivity index is 2.19. The molecule has 1 heterocycles. The molecule has 2 unspecified atom stereocenters. The van der Waals surface area contributed by atoms with Crippen LogP contribution in [-0.4, -0.2) is 36.1 Å². The van der Waals surface area contributed by atoms with Crippen molar-refractivity contribution in [1.29, 1.82) is 0 Å². The number of benzene rings is 1. The number of piperidine rings is 1. The fourth-order valence-electron chi connectivity index (χ4n) is 2.77. The number of nitrogens with zero attached hydrogens (tertiary/aromatic N) is 1. The summed E-state index contributed by atoms with van der Waals surface area (Å²) in [5.41, 5.74) is 0.510. The van der Waals surface area contributed by atoms with Crippen LogP contribution in [0.15, 0.2) is 18.2 Å². The van der Waals surface area contributed by atoms with E-state index in [0.717, 1.165) is 17.4 Å². The van der Waals surface area contributed by atoms with Gasteiger partial charge in [0.2, 0.25) is 0 Å². The Kier molecular flexibility index (Phi) is 5.92. The number of carbonyl (C=O) groups is 2. The normalized spacial score (nSPS) is 21.1. The van der Waals surface area contributed by atoms with E-state index in [2.05, 4.69) is 4.74 Å². The molecule has 0 aromatic heterocycles. The van der Waals surface area contributed by atoms with Gasteiger partial charge < -0.3 is 9.64 Å². The van der Waals surface area contributed by atoms with Crippen molar-refractivity contribution in [2.24, 2.45) is 5.92 Å². The second-order valence-electron chi connectivity index (χ2n) is 6.02. The third kappa shape index (κ3) is 5.07. The van der Waals surface area contributed by atoms with Gasteiger partial charge in [-0.3, -0.25) is 4.79 Å². The van der Waals surface area contributed by atoms with Crippen LogP contribution in [0.25, 0.3) is 0 Å². The summed E-state index contributed by atoms with van der Waals surface area (Å²) in [6.45, 7) is 0.211. The first-order valence-corrected chi connectivity index (χ1v) is 7.95. The zero-order valence-electron chi connectivity index (χ0n) is 13.3. The van der Waals surface area contributed by atoms with Crippen molar-refractivity contribution in [2.45, 2.75) is 32.0 Å². The Morgan fingerprint density at radius 1 is 1.32 bits per heavy atom. The van der Waals surface area contributed by atoms with Gasteiger partial charge in [0, 0.05) is 6.54 Å². The lowest BCUT2D eigenvalue weighted by Crippen LogP contribution is -2.45. The van der Waals surface area contributed by atoms with E-state index in [1.807, 2.05) is 6.92 Å². The number of likely N-dealkylation sites (tertiary alicyclic amines) is 1. The quantitative estimate of drug-likeness (QED) is 0.443. The first-order chi connectivity index (χ1) is 11.6. The Morgan fingerprint density at radius 2 is 2.00 bits per heavy atom. The molecule has 25 heavy (non-hydrogen) atoms. The van der Waals surface area contributed by atoms with Gasteiger partial charge >= 0.3 is 18.1 Å². The Morgan fingerprint density at radius 3 is 2.60 bits per heavy atom. The number of ether oxygens (including phenoxy) is 1. The SMILES string of the molecule is CC1CCC(c2ccc(F)c(Cl)c2)N(C(=O)C(=O)OCC(F)(F)F)C1. The molecule has 2 rings (SSSR count). The number of halogens is 5. The zero-order valence-corrected chi connectivity index (χ0v) is 14.0. The van der Waals surface area contributed by atoms with Gasteiger partial charge in [-0.05, 0) is 36.5 Å². The van der Waals surface area contributed by atoms with E-state index >= 15 is 0 Å². The van der Waals surface area contributed by atoms with E-state index in [9.17, 15) is 27.2 Å². The second-order valence-corrected chi connectivity index (χ2v) is 6.43. The molecular formula is C16H16ClF4NO3. The molecule has 0 saturated carbocycles. The fraction of sp³-hybridized carbons (Fsp3) is 0.500. The minimum absolute atomic E-state index is 0.0616. The molecule has 4 nitrogen and oxygen atoms in total. The number of amides is 1. The minimum atomic E-state index is -4.71. The van der Waals surface area contributed by atoms with Crippen LogP contribution in [0.1, 0.15) is 31.4 Å². The average molecular weight is 382 g/mol. The monoisotopic (exact) mass is 381 g/mol. The third-order valence-electron chi connectivity index (χ3n) is 3.95. The Hall–Kier alpha value is -1.83. The number of alkyl halides is 3. The molecule has 0 radical (unpaired) electrons. The summed E-state index contributed by atoms with van der Waals surface area (Å²) in [5, 5.41) is -0.136. The van der Waals surface area contributed by atoms with Crippen LogP contribution >= 0.6 is 11.6 Å². The number of hydrogen-bond acceptors (Lipinski definition) is 3. The number of rotatable bonds is 2. The molecule has 1 aromatic carbocycles. The highest BCUT2D eigenvalue weighted by atomic mass is 35.5. The van der Waals surface area contributed by atoms with Gasteiger partial charge in [-0.1, -0.05) is 24.6 Å². The zero-order chi connectivity index (χ0) is 18.8. The minimum Gasteiger partial charge on any atom is -0.449 e. The highest BCUT2D eigenvalue weighted by Crippen LogP contribution is 2.35. The van der Waals surface area contributed by atoms with Crippen LogP contribution in [0.3, 0.4) is 0 Å². The summed E-state index contributed by atoms with van der Waals surface area (Å²) >= 11 is 5.76. The maximum Gasteiger partial charge on any atom is 0.422 e. The largest absolute Gasteiger partial charge is 0.449 e. The molecule has 0 bridgehead atoms. The molecule has 1 fully saturated rings. The summed E-state index contributed by atoms with van der Waals surface area (Å²) < 4.78 is 53.8. The predicted molar refractivity (Wildman–Crippen MR) is 81.3 cm³/mol. The van der Waals surface area contributed by atoms with Crippen LogP contribution in [0.4, 0.5) is 17.6 Å². The molecule has 1 aliphatic rings. The molecule has 9 heteroatoms. The topological polar surface area (TPSA) is 46.6 Å². The van der Waals surface area contributed by atoms with Crippen molar-refractivity contribution in [3.8, 4) is 0 Å². The van der Waals surface area contributed by atoms with E-state index in [4.69, 9.17) is 11.6 Å². The van der Waals surface area contributed by atoms with E-state index in [-0.39, 0.29) is 17.5 Å². The second kappa shape index (κ2) is 7.59. The highest BCUT2D eigenvalue weighted by Gasteiger charge is 2.37. The third-order valence-corrected chi connectivity index (χ3v) is 4.24. The summed E-state index contributed by atoms with van der Waals surface area (Å²) in [6, 6.07) is 3.34. The average Bonchev–Trinajstić information content (AvgIpc) is 2.54. The van der Waals surface area contributed by atoms with Gasteiger partial charge in [-0.15, -0.1) is 0 Å². The molecule has 138 valence electrons. The lowest BCUT2D eigenvalue weighted by molar-refractivity contribution is -0.190. The summed E-state index contributed by atoms with van der Waals surface area (Å²) in [7, 11) is 0. The van der Waals surface area contributed by atoms with Crippen molar-refractivity contribution in [1.82, 2.24) is 4.90 Å². The summed E-state index contributed by atoms with van der Waals surface area (Å²) in [4.78, 5) is 25.1. The van der Waals surface area contributed by atoms with Crippen molar-refractivity contribution < 1.29 is 31.9 Å². The van der Waals surface area contributed by atoms with E-state index in [1.165, 1.54) is 12.1 Å². The Labute approximate surface area is 146 Å². The molecule has 1 saturated heterocycles. The van der Waals surface area contributed by atoms with Gasteiger partial charge in [0.15, 0.2) is 6.61 Å². The van der Waals surface area contributed by atoms with Gasteiger partial charge in [0.1, 0.15) is 5.82 Å². The molecule has 0 N–H and O–H groups in total. The van der Waals surface area contributed by atoms with E-state index in [0.29, 0.717) is 12.0 Å². The van der Waals surface area contributed by atoms with Crippen molar-refractivity contribution in [3.63, 3.8) is 0 Å². The van der Waals surface area contributed by atoms with Crippen LogP contribution in [-0.2, 0) is 14.3 Å². The molecule has 0 aliphatic carbocycles. The van der Waals surface area contributed by atoms with E-state index in [1.54, 1.807) is 0 Å². The Bertz CT molecular complexity index is 665. The summed E-state index contributed by atoms with van der Waals surface area (Å²) in [6.07, 6.45) is -3.50. The maximum atomic E-state index is 13.3. The van der Waals surface area contributed by atoms with Crippen LogP contribution in [0.5, 0.6) is 0 Å². The van der Waals surface area contributed by atoms with Crippen molar-refractivity contribution in [2.75, 3.05) is 13.2 Å². The van der Waals surface area contributed by atoms with Crippen molar-refractivity contribution >= 4 is 23.5 Å². The molecule has 1 aliphatic heterocycles. The maximum absolute atomic E-state index is 13.3. The summed E-state index contributed by atoms with van der Waals surface area (Å²) in [5.74, 6) is -3.28. The highest BCUT2D eigenvalue weighted by molar-refractivity contribution is 6.32. The number of carbonyl (C=O) groups excluding carboxylic acids is 2. The van der Waals surface area contributed by atoms with Gasteiger partial charge in [0.05, 0.1) is 11.1 Å². The first kappa shape index (κ1) is 19.5. The molecular weight excluding hydrogens is 366 g/mol. The molecule has 0 spiro atoms. The van der Waals surface area contributed by atoms with Crippen LogP contribution in [0.2, 0.25) is 5.02 Å². The molecule has 1 amide bonds. The fourth-order valence-corrected chi connectivity index (χ4v) is 2.96. The van der Waals surface area contributed by atoms with Crippen LogP contribution < -0.4 is 0 Å². The van der Waals surface area contributed by atoms with Crippen molar-refractivity contribution in [3.05, 3.63) is 34.6 Å². The standard InChI is InChI=1S/C16H16ClF4NO3/c1-9-2-5-13(10-3-4-12(18)11(17)6-10)22(7-9)14(23)15(24)25-8-16(19,20)21/h3-4,6,9,13H,2,5,7-8H2,1H3. The van der Waals surface area contributed by atoms with Crippen LogP contribution in [0, 0.1) is 11.7 Å². The predicted octanol–water partition coefficient (Wildman–Crippen LogP) is 3.88. The molecule has 2 atom stereocenters. The van der Waals surface area contributed by atoms with Gasteiger partial charge in [-0.25, -0.2) is 9.18 Å². The number of esters is 1. The van der Waals surface area contributed by atoms with Gasteiger partial charge in [-0.2, -0.15) is 13.2 Å². The van der Waals surface area contributed by atoms with Gasteiger partial charge in [0.25, 0.3) is 0 Å². The lowest BCUT2D eigenvalue weighted by Gasteiger charge is -2.38.